The predicted molar refractivity (Wildman–Crippen MR) is 73.4 cm³/mol. The fourth-order valence-electron chi connectivity index (χ4n) is 2.85. The van der Waals surface area contributed by atoms with Gasteiger partial charge in [0.05, 0.1) is 11.1 Å². The molecule has 102 valence electrons. The van der Waals surface area contributed by atoms with Crippen LogP contribution >= 0.6 is 0 Å². The molecular formula is C16H14O4. The smallest absolute Gasteiger partial charge is 0.190 e. The van der Waals surface area contributed by atoms with E-state index in [-0.39, 0.29) is 22.6 Å². The summed E-state index contributed by atoms with van der Waals surface area (Å²) in [6.07, 6.45) is 6.09. The van der Waals surface area contributed by atoms with Crippen molar-refractivity contribution in [2.24, 2.45) is 0 Å². The van der Waals surface area contributed by atoms with Gasteiger partial charge in [-0.15, -0.1) is 0 Å². The molecule has 4 heteroatoms. The number of hydrogen-bond acceptors (Lipinski definition) is 4. The average molecular weight is 270 g/mol. The van der Waals surface area contributed by atoms with E-state index >= 15 is 0 Å². The lowest BCUT2D eigenvalue weighted by molar-refractivity contribution is 0.0989. The number of rotatable bonds is 1. The maximum atomic E-state index is 11.9. The summed E-state index contributed by atoms with van der Waals surface area (Å²) in [5, 5.41) is 20.7. The van der Waals surface area contributed by atoms with Crippen LogP contribution in [0.15, 0.2) is 23.8 Å². The second kappa shape index (κ2) is 4.34. The van der Waals surface area contributed by atoms with Gasteiger partial charge in [-0.05, 0) is 31.4 Å². The van der Waals surface area contributed by atoms with Gasteiger partial charge in [-0.2, -0.15) is 0 Å². The van der Waals surface area contributed by atoms with E-state index in [1.54, 1.807) is 0 Å². The van der Waals surface area contributed by atoms with Gasteiger partial charge >= 0.3 is 0 Å². The normalized spacial score (nSPS) is 16.8. The zero-order valence-electron chi connectivity index (χ0n) is 11.1. The van der Waals surface area contributed by atoms with E-state index in [1.807, 2.05) is 13.0 Å². The van der Waals surface area contributed by atoms with Crippen LogP contribution in [0.3, 0.4) is 0 Å². The van der Waals surface area contributed by atoms with E-state index in [2.05, 4.69) is 0 Å². The van der Waals surface area contributed by atoms with Crippen molar-refractivity contribution in [2.45, 2.75) is 26.2 Å². The van der Waals surface area contributed by atoms with Gasteiger partial charge in [-0.3, -0.25) is 9.59 Å². The number of allylic oxidation sites excluding steroid dienone is 4. The number of benzene rings is 1. The minimum atomic E-state index is -0.444. The molecule has 0 spiro atoms. The van der Waals surface area contributed by atoms with Crippen molar-refractivity contribution in [1.82, 2.24) is 0 Å². The Bertz CT molecular complexity index is 708. The van der Waals surface area contributed by atoms with Crippen LogP contribution in [0.2, 0.25) is 0 Å². The van der Waals surface area contributed by atoms with Gasteiger partial charge in [0.2, 0.25) is 0 Å². The minimum absolute atomic E-state index is 0.0638. The lowest BCUT2D eigenvalue weighted by Gasteiger charge is -2.23. The average Bonchev–Trinajstić information content (AvgIpc) is 2.46. The number of fused-ring (bicyclic) bond motifs is 2. The van der Waals surface area contributed by atoms with Gasteiger partial charge in [-0.25, -0.2) is 0 Å². The standard InChI is InChI=1S/C16H14O4/c1-2-8-3-4-9-10(7-8)16(20)14-12(18)6-5-11(17)13(14)15(9)19/h3,5-6,19-20H,2,4,7H2,1H3. The molecule has 0 bridgehead atoms. The van der Waals surface area contributed by atoms with Gasteiger partial charge in [0, 0.05) is 11.1 Å². The first-order valence-corrected chi connectivity index (χ1v) is 6.58. The highest BCUT2D eigenvalue weighted by molar-refractivity contribution is 6.24. The number of carbonyl (C=O) groups excluding carboxylic acids is 2. The van der Waals surface area contributed by atoms with Crippen molar-refractivity contribution >= 4 is 11.6 Å². The van der Waals surface area contributed by atoms with Crippen LogP contribution < -0.4 is 0 Å². The Morgan fingerprint density at radius 2 is 1.55 bits per heavy atom. The molecule has 0 atom stereocenters. The third-order valence-corrected chi connectivity index (χ3v) is 3.99. The molecule has 0 saturated heterocycles. The van der Waals surface area contributed by atoms with Crippen LogP contribution in [0.25, 0.3) is 0 Å². The largest absolute Gasteiger partial charge is 0.507 e. The zero-order valence-corrected chi connectivity index (χ0v) is 11.1. The number of hydrogen-bond donors (Lipinski definition) is 2. The topological polar surface area (TPSA) is 74.6 Å². The number of carbonyl (C=O) groups is 2. The lowest BCUT2D eigenvalue weighted by Crippen LogP contribution is -2.16. The quantitative estimate of drug-likeness (QED) is 0.607. The van der Waals surface area contributed by atoms with E-state index in [4.69, 9.17) is 0 Å². The molecule has 4 nitrogen and oxygen atoms in total. The summed E-state index contributed by atoms with van der Waals surface area (Å²) in [5.74, 6) is -1.21. The molecular weight excluding hydrogens is 256 g/mol. The Kier molecular flexibility index (Phi) is 2.74. The lowest BCUT2D eigenvalue weighted by atomic mass is 9.82. The van der Waals surface area contributed by atoms with E-state index in [9.17, 15) is 19.8 Å². The molecule has 20 heavy (non-hydrogen) atoms. The molecule has 2 aliphatic rings. The summed E-state index contributed by atoms with van der Waals surface area (Å²) in [4.78, 5) is 23.8. The fourth-order valence-corrected chi connectivity index (χ4v) is 2.85. The fraction of sp³-hybridized carbons (Fsp3) is 0.250. The summed E-state index contributed by atoms with van der Waals surface area (Å²) < 4.78 is 0. The van der Waals surface area contributed by atoms with E-state index < -0.39 is 11.6 Å². The number of phenolic OH excluding ortho intramolecular Hbond substituents is 2. The monoisotopic (exact) mass is 270 g/mol. The summed E-state index contributed by atoms with van der Waals surface area (Å²) in [7, 11) is 0. The SMILES string of the molecule is CCC1=CCc2c(O)c3c(c(O)c2C1)C(=O)C=CC3=O. The number of aromatic hydroxyl groups is 2. The van der Waals surface area contributed by atoms with Crippen LogP contribution in [-0.4, -0.2) is 21.8 Å². The van der Waals surface area contributed by atoms with Crippen LogP contribution in [0, 0.1) is 0 Å². The van der Waals surface area contributed by atoms with Crippen molar-refractivity contribution in [1.29, 1.82) is 0 Å². The summed E-state index contributed by atoms with van der Waals surface area (Å²) in [6.45, 7) is 2.02. The van der Waals surface area contributed by atoms with Crippen molar-refractivity contribution < 1.29 is 19.8 Å². The third-order valence-electron chi connectivity index (χ3n) is 3.99. The third kappa shape index (κ3) is 1.61. The Labute approximate surface area is 116 Å². The molecule has 2 N–H and O–H groups in total. The van der Waals surface area contributed by atoms with Crippen molar-refractivity contribution in [3.05, 3.63) is 46.1 Å². The van der Waals surface area contributed by atoms with Crippen LogP contribution in [0.1, 0.15) is 45.2 Å². The summed E-state index contributed by atoms with van der Waals surface area (Å²) >= 11 is 0. The molecule has 0 fully saturated rings. The van der Waals surface area contributed by atoms with E-state index in [1.165, 1.54) is 0 Å². The highest BCUT2D eigenvalue weighted by atomic mass is 16.3. The Morgan fingerprint density at radius 1 is 1.00 bits per heavy atom. The van der Waals surface area contributed by atoms with Crippen LogP contribution in [-0.2, 0) is 12.8 Å². The molecule has 0 radical (unpaired) electrons. The van der Waals surface area contributed by atoms with Crippen LogP contribution in [0.5, 0.6) is 11.5 Å². The first kappa shape index (κ1) is 12.7. The Hall–Kier alpha value is -2.36. The number of ketones is 2. The molecule has 3 rings (SSSR count). The molecule has 1 aromatic carbocycles. The Balaban J connectivity index is 2.30. The first-order valence-electron chi connectivity index (χ1n) is 6.58. The van der Waals surface area contributed by atoms with Crippen LogP contribution in [0.4, 0.5) is 0 Å². The van der Waals surface area contributed by atoms with Gasteiger partial charge in [0.25, 0.3) is 0 Å². The van der Waals surface area contributed by atoms with Crippen molar-refractivity contribution in [3.8, 4) is 11.5 Å². The maximum Gasteiger partial charge on any atom is 0.190 e. The van der Waals surface area contributed by atoms with Gasteiger partial charge in [0.15, 0.2) is 11.6 Å². The molecule has 0 unspecified atom stereocenters. The van der Waals surface area contributed by atoms with E-state index in [0.717, 1.165) is 24.1 Å². The molecule has 0 aromatic heterocycles. The van der Waals surface area contributed by atoms with Crippen molar-refractivity contribution in [3.63, 3.8) is 0 Å². The Morgan fingerprint density at radius 3 is 2.10 bits per heavy atom. The highest BCUT2D eigenvalue weighted by Crippen LogP contribution is 2.43. The van der Waals surface area contributed by atoms with Gasteiger partial charge in [0.1, 0.15) is 11.5 Å². The molecule has 0 saturated carbocycles. The van der Waals surface area contributed by atoms with Crippen molar-refractivity contribution in [2.75, 3.05) is 0 Å². The molecule has 0 aliphatic heterocycles. The van der Waals surface area contributed by atoms with Gasteiger partial charge in [-0.1, -0.05) is 18.6 Å². The minimum Gasteiger partial charge on any atom is -0.507 e. The second-order valence-electron chi connectivity index (χ2n) is 5.06. The molecule has 2 aliphatic carbocycles. The van der Waals surface area contributed by atoms with E-state index in [0.29, 0.717) is 24.0 Å². The summed E-state index contributed by atoms with van der Waals surface area (Å²) in [6, 6.07) is 0. The predicted octanol–water partition coefficient (Wildman–Crippen LogP) is 2.47. The molecule has 0 amide bonds. The molecule has 0 heterocycles. The second-order valence-corrected chi connectivity index (χ2v) is 5.06. The summed E-state index contributed by atoms with van der Waals surface area (Å²) in [5.41, 5.74) is 2.14. The first-order chi connectivity index (χ1) is 9.54. The zero-order chi connectivity index (χ0) is 14.4. The highest BCUT2D eigenvalue weighted by Gasteiger charge is 2.32. The molecule has 1 aromatic rings. The number of phenols is 2. The maximum absolute atomic E-state index is 11.9. The van der Waals surface area contributed by atoms with Gasteiger partial charge < -0.3 is 10.2 Å².